The summed E-state index contributed by atoms with van der Waals surface area (Å²) in [4.78, 5) is 0.449. The number of benzene rings is 2. The van der Waals surface area contributed by atoms with Gasteiger partial charge in [-0.15, -0.1) is 0 Å². The van der Waals surface area contributed by atoms with Crippen LogP contribution < -0.4 is 10.5 Å². The molecule has 0 spiro atoms. The molecule has 0 aliphatic rings. The van der Waals surface area contributed by atoms with Crippen LogP contribution in [0.1, 0.15) is 5.56 Å². The van der Waals surface area contributed by atoms with Crippen molar-refractivity contribution in [3.05, 3.63) is 52.0 Å². The van der Waals surface area contributed by atoms with E-state index in [0.717, 1.165) is 5.56 Å². The molecule has 0 aliphatic carbocycles. The molecule has 0 heterocycles. The van der Waals surface area contributed by atoms with E-state index < -0.39 is 10.8 Å². The topological polar surface area (TPSA) is 52.3 Å². The fourth-order valence-corrected chi connectivity index (χ4v) is 3.91. The fourth-order valence-electron chi connectivity index (χ4n) is 1.80. The number of anilines is 1. The number of hydrogen-bond donors (Lipinski definition) is 1. The van der Waals surface area contributed by atoms with Gasteiger partial charge in [0.15, 0.2) is 0 Å². The summed E-state index contributed by atoms with van der Waals surface area (Å²) in [7, 11) is 0.214. The molecule has 0 amide bonds. The monoisotopic (exact) mass is 329 g/mol. The van der Waals surface area contributed by atoms with E-state index in [1.54, 1.807) is 37.4 Å². The molecule has 0 fully saturated rings. The van der Waals surface area contributed by atoms with Gasteiger partial charge in [0.25, 0.3) is 0 Å². The Labute approximate surface area is 130 Å². The van der Waals surface area contributed by atoms with Crippen molar-refractivity contribution in [2.45, 2.75) is 10.6 Å². The average molecular weight is 330 g/mol. The molecule has 0 saturated carbocycles. The number of hydrogen-bond acceptors (Lipinski definition) is 3. The second-order valence-corrected chi connectivity index (χ2v) is 6.32. The molecule has 0 saturated heterocycles. The quantitative estimate of drug-likeness (QED) is 0.865. The Hall–Kier alpha value is -1.23. The molecule has 20 heavy (non-hydrogen) atoms. The molecule has 0 bridgehead atoms. The smallest absolute Gasteiger partial charge is 0.141 e. The summed E-state index contributed by atoms with van der Waals surface area (Å²) in [6.07, 6.45) is 0. The molecular weight excluding hydrogens is 317 g/mol. The lowest BCUT2D eigenvalue weighted by atomic mass is 10.2. The van der Waals surface area contributed by atoms with Gasteiger partial charge in [-0.3, -0.25) is 4.21 Å². The second-order valence-electron chi connectivity index (χ2n) is 4.12. The normalized spacial score (nSPS) is 12.2. The highest BCUT2D eigenvalue weighted by atomic mass is 35.5. The summed E-state index contributed by atoms with van der Waals surface area (Å²) < 4.78 is 17.5. The highest BCUT2D eigenvalue weighted by Crippen LogP contribution is 2.30. The molecule has 3 nitrogen and oxygen atoms in total. The van der Waals surface area contributed by atoms with Gasteiger partial charge in [-0.05, 0) is 29.8 Å². The number of halogens is 2. The summed E-state index contributed by atoms with van der Waals surface area (Å²) >= 11 is 12.1. The van der Waals surface area contributed by atoms with Crippen LogP contribution in [-0.2, 0) is 16.6 Å². The molecule has 1 unspecified atom stereocenters. The van der Waals surface area contributed by atoms with Gasteiger partial charge in [0, 0.05) is 0 Å². The first-order chi connectivity index (χ1) is 9.52. The molecule has 0 aliphatic heterocycles. The Balaban J connectivity index is 2.26. The molecule has 1 atom stereocenters. The molecular formula is C14H13Cl2NO2S. The molecule has 2 rings (SSSR count). The van der Waals surface area contributed by atoms with E-state index in [-0.39, 0.29) is 5.75 Å². The van der Waals surface area contributed by atoms with E-state index in [2.05, 4.69) is 0 Å². The van der Waals surface area contributed by atoms with Gasteiger partial charge in [0.2, 0.25) is 0 Å². The Morgan fingerprint density at radius 2 is 1.85 bits per heavy atom. The summed E-state index contributed by atoms with van der Waals surface area (Å²) in [5.74, 6) is 0.882. The summed E-state index contributed by atoms with van der Waals surface area (Å²) in [5.41, 5.74) is 7.17. The van der Waals surface area contributed by atoms with Crippen LogP contribution in [0.3, 0.4) is 0 Å². The first kappa shape index (κ1) is 15.2. The lowest BCUT2D eigenvalue weighted by Crippen LogP contribution is -2.00. The van der Waals surface area contributed by atoms with Crippen LogP contribution in [0.15, 0.2) is 41.3 Å². The molecule has 6 heteroatoms. The van der Waals surface area contributed by atoms with Crippen molar-refractivity contribution in [2.24, 2.45) is 0 Å². The fraction of sp³-hybridized carbons (Fsp3) is 0.143. The van der Waals surface area contributed by atoms with Crippen molar-refractivity contribution < 1.29 is 8.95 Å². The summed E-state index contributed by atoms with van der Waals surface area (Å²) in [6.45, 7) is 0. The van der Waals surface area contributed by atoms with Crippen LogP contribution in [0.2, 0.25) is 10.0 Å². The lowest BCUT2D eigenvalue weighted by Gasteiger charge is -2.09. The lowest BCUT2D eigenvalue weighted by molar-refractivity contribution is 0.417. The van der Waals surface area contributed by atoms with Gasteiger partial charge < -0.3 is 10.5 Å². The van der Waals surface area contributed by atoms with Crippen LogP contribution >= 0.6 is 23.2 Å². The van der Waals surface area contributed by atoms with Crippen LogP contribution in [0.25, 0.3) is 0 Å². The molecule has 2 N–H and O–H groups in total. The van der Waals surface area contributed by atoms with Gasteiger partial charge >= 0.3 is 0 Å². The minimum atomic E-state index is -1.33. The van der Waals surface area contributed by atoms with E-state index in [4.69, 9.17) is 33.7 Å². The van der Waals surface area contributed by atoms with Gasteiger partial charge in [0.05, 0.1) is 44.3 Å². The second kappa shape index (κ2) is 6.48. The summed E-state index contributed by atoms with van der Waals surface area (Å²) in [6, 6.07) is 10.4. The number of nitrogens with two attached hydrogens (primary N) is 1. The Morgan fingerprint density at radius 3 is 2.40 bits per heavy atom. The minimum Gasteiger partial charge on any atom is -0.495 e. The summed E-state index contributed by atoms with van der Waals surface area (Å²) in [5, 5.41) is 0.801. The number of ether oxygens (including phenoxy) is 1. The van der Waals surface area contributed by atoms with Gasteiger partial charge in [-0.2, -0.15) is 0 Å². The third-order valence-corrected chi connectivity index (χ3v) is 5.08. The predicted octanol–water partition coefficient (Wildman–Crippen LogP) is 3.89. The van der Waals surface area contributed by atoms with Gasteiger partial charge in [-0.25, -0.2) is 0 Å². The van der Waals surface area contributed by atoms with Crippen molar-refractivity contribution in [1.29, 1.82) is 0 Å². The van der Waals surface area contributed by atoms with Crippen LogP contribution in [0.5, 0.6) is 5.75 Å². The molecule has 0 aromatic heterocycles. The SMILES string of the molecule is COc1ccc(CS(=O)c2c(Cl)cccc2Cl)cc1N. The highest BCUT2D eigenvalue weighted by Gasteiger charge is 2.14. The van der Waals surface area contributed by atoms with Crippen LogP contribution in [0.4, 0.5) is 5.69 Å². The zero-order chi connectivity index (χ0) is 14.7. The maximum atomic E-state index is 12.4. The van der Waals surface area contributed by atoms with E-state index >= 15 is 0 Å². The number of nitrogen functional groups attached to an aromatic ring is 1. The predicted molar refractivity (Wildman–Crippen MR) is 84.0 cm³/mol. The van der Waals surface area contributed by atoms with E-state index in [0.29, 0.717) is 26.4 Å². The third-order valence-electron chi connectivity index (χ3n) is 2.74. The van der Waals surface area contributed by atoms with Crippen molar-refractivity contribution in [3.8, 4) is 5.75 Å². The maximum Gasteiger partial charge on any atom is 0.141 e. The molecule has 106 valence electrons. The van der Waals surface area contributed by atoms with Gasteiger partial charge in [0.1, 0.15) is 5.75 Å². The van der Waals surface area contributed by atoms with Crippen LogP contribution in [0, 0.1) is 0 Å². The van der Waals surface area contributed by atoms with Crippen LogP contribution in [-0.4, -0.2) is 11.3 Å². The number of methoxy groups -OCH3 is 1. The number of rotatable bonds is 4. The highest BCUT2D eigenvalue weighted by molar-refractivity contribution is 7.84. The van der Waals surface area contributed by atoms with Crippen molar-refractivity contribution in [1.82, 2.24) is 0 Å². The van der Waals surface area contributed by atoms with Crippen molar-refractivity contribution in [3.63, 3.8) is 0 Å². The Morgan fingerprint density at radius 1 is 1.20 bits per heavy atom. The Bertz CT molecular complexity index is 641. The minimum absolute atomic E-state index is 0.289. The first-order valence-corrected chi connectivity index (χ1v) is 7.85. The molecule has 2 aromatic rings. The standard InChI is InChI=1S/C14H13Cl2NO2S/c1-19-13-6-5-9(7-12(13)17)8-20(18)14-10(15)3-2-4-11(14)16/h2-7H,8,17H2,1H3. The maximum absolute atomic E-state index is 12.4. The molecule has 0 radical (unpaired) electrons. The van der Waals surface area contributed by atoms with E-state index in [1.165, 1.54) is 0 Å². The van der Waals surface area contributed by atoms with Gasteiger partial charge in [-0.1, -0.05) is 35.3 Å². The van der Waals surface area contributed by atoms with Crippen molar-refractivity contribution in [2.75, 3.05) is 12.8 Å². The zero-order valence-corrected chi connectivity index (χ0v) is 13.1. The largest absolute Gasteiger partial charge is 0.495 e. The zero-order valence-electron chi connectivity index (χ0n) is 10.7. The average Bonchev–Trinajstić information content (AvgIpc) is 2.38. The first-order valence-electron chi connectivity index (χ1n) is 5.77. The molecule has 2 aromatic carbocycles. The Kier molecular flexibility index (Phi) is 4.91. The van der Waals surface area contributed by atoms with E-state index in [1.807, 2.05) is 6.07 Å². The van der Waals surface area contributed by atoms with E-state index in [9.17, 15) is 4.21 Å². The third kappa shape index (κ3) is 3.26. The van der Waals surface area contributed by atoms with Crippen molar-refractivity contribution >= 4 is 39.7 Å².